The number of carbonyl (C=O) groups excluding carboxylic acids is 1. The van der Waals surface area contributed by atoms with Gasteiger partial charge in [0.25, 0.3) is 5.91 Å². The van der Waals surface area contributed by atoms with E-state index < -0.39 is 0 Å². The van der Waals surface area contributed by atoms with Crippen LogP contribution in [-0.2, 0) is 6.54 Å². The average Bonchev–Trinajstić information content (AvgIpc) is 3.33. The van der Waals surface area contributed by atoms with Gasteiger partial charge in [-0.15, -0.1) is 0 Å². The van der Waals surface area contributed by atoms with Gasteiger partial charge in [-0.3, -0.25) is 4.79 Å². The second kappa shape index (κ2) is 8.96. The molecule has 3 aromatic rings. The maximum atomic E-state index is 12.6. The summed E-state index contributed by atoms with van der Waals surface area (Å²) in [5.41, 5.74) is 15.0. The number of nitrogens with two attached hydrogens (primary N) is 2. The second-order valence-electron chi connectivity index (χ2n) is 10.9. The molecule has 2 aliphatic carbocycles. The molecule has 1 unspecified atom stereocenters. The molecule has 9 nitrogen and oxygen atoms in total. The number of hydrogen-bond donors (Lipinski definition) is 5. The Kier molecular flexibility index (Phi) is 5.94. The Hall–Kier alpha value is -3.88. The first kappa shape index (κ1) is 23.8. The highest BCUT2D eigenvalue weighted by Crippen LogP contribution is 2.63. The zero-order valence-corrected chi connectivity index (χ0v) is 21.0. The summed E-state index contributed by atoms with van der Waals surface area (Å²) in [5, 5.41) is 9.66. The van der Waals surface area contributed by atoms with Crippen LogP contribution < -0.4 is 27.4 Å². The van der Waals surface area contributed by atoms with Gasteiger partial charge in [-0.05, 0) is 65.8 Å². The summed E-state index contributed by atoms with van der Waals surface area (Å²) >= 11 is 0. The number of amides is 1. The van der Waals surface area contributed by atoms with Crippen molar-refractivity contribution in [3.63, 3.8) is 0 Å². The molecule has 5 rings (SSSR count). The number of anilines is 5. The van der Waals surface area contributed by atoms with E-state index in [0.717, 1.165) is 5.56 Å². The standard InChI is InChI=1S/C27H34N8O/c1-26(2)18-12-13-27(3,14-18)22(26)32-25-34-23(29)33-24(35-25)30-15-16-8-10-17(11-9-16)21(36)31-20-7-5-4-6-19(20)28/h4-11,18,22H,12-15,28H2,1-3H3,(H,31,36)(H4,29,30,32,33,34,35)/t18?,22-,27-/m0/s1. The number of nitrogens with zero attached hydrogens (tertiary/aromatic N) is 3. The highest BCUT2D eigenvalue weighted by atomic mass is 16.1. The molecule has 9 heteroatoms. The molecule has 0 spiro atoms. The number of para-hydroxylation sites is 2. The van der Waals surface area contributed by atoms with Crippen molar-refractivity contribution >= 4 is 35.1 Å². The second-order valence-corrected chi connectivity index (χ2v) is 10.9. The quantitative estimate of drug-likeness (QED) is 0.307. The molecule has 36 heavy (non-hydrogen) atoms. The first-order valence-corrected chi connectivity index (χ1v) is 12.4. The van der Waals surface area contributed by atoms with Gasteiger partial charge < -0.3 is 27.4 Å². The van der Waals surface area contributed by atoms with E-state index in [1.807, 2.05) is 24.3 Å². The van der Waals surface area contributed by atoms with Crippen molar-refractivity contribution in [2.24, 2.45) is 16.7 Å². The molecule has 188 valence electrons. The normalized spacial score (nSPS) is 23.9. The summed E-state index contributed by atoms with van der Waals surface area (Å²) in [7, 11) is 0. The van der Waals surface area contributed by atoms with Crippen LogP contribution in [0.2, 0.25) is 0 Å². The van der Waals surface area contributed by atoms with Crippen LogP contribution >= 0.6 is 0 Å². The molecule has 2 aliphatic rings. The molecule has 2 aromatic carbocycles. The molecule has 2 bridgehead atoms. The first-order chi connectivity index (χ1) is 17.1. The number of hydrogen-bond acceptors (Lipinski definition) is 8. The van der Waals surface area contributed by atoms with Gasteiger partial charge in [0.15, 0.2) is 0 Å². The summed E-state index contributed by atoms with van der Waals surface area (Å²) in [6.07, 6.45) is 3.74. The largest absolute Gasteiger partial charge is 0.397 e. The van der Waals surface area contributed by atoms with Crippen LogP contribution in [0, 0.1) is 16.7 Å². The smallest absolute Gasteiger partial charge is 0.255 e. The zero-order valence-electron chi connectivity index (χ0n) is 21.0. The van der Waals surface area contributed by atoms with Crippen molar-refractivity contribution in [2.45, 2.75) is 52.6 Å². The third-order valence-electron chi connectivity index (χ3n) is 8.07. The SMILES string of the molecule is CC1(C)C2CC[C@@](C)(C2)[C@H]1Nc1nc(N)nc(NCc2ccc(C(=O)Nc3ccccc3N)cc2)n1. The van der Waals surface area contributed by atoms with E-state index in [2.05, 4.69) is 51.7 Å². The van der Waals surface area contributed by atoms with Crippen molar-refractivity contribution in [1.82, 2.24) is 15.0 Å². The summed E-state index contributed by atoms with van der Waals surface area (Å²) < 4.78 is 0. The lowest BCUT2D eigenvalue weighted by atomic mass is 9.68. The van der Waals surface area contributed by atoms with E-state index in [9.17, 15) is 4.79 Å². The Morgan fingerprint density at radius 3 is 2.42 bits per heavy atom. The highest BCUT2D eigenvalue weighted by molar-refractivity contribution is 6.05. The van der Waals surface area contributed by atoms with Crippen molar-refractivity contribution < 1.29 is 4.79 Å². The molecular formula is C27H34N8O. The summed E-state index contributed by atoms with van der Waals surface area (Å²) in [6.45, 7) is 7.51. The zero-order chi connectivity index (χ0) is 25.5. The predicted molar refractivity (Wildman–Crippen MR) is 143 cm³/mol. The number of nitrogens with one attached hydrogen (secondary N) is 3. The highest BCUT2D eigenvalue weighted by Gasteiger charge is 2.59. The van der Waals surface area contributed by atoms with Crippen molar-refractivity contribution in [1.29, 1.82) is 0 Å². The monoisotopic (exact) mass is 486 g/mol. The number of nitrogen functional groups attached to an aromatic ring is 2. The van der Waals surface area contributed by atoms with E-state index in [1.165, 1.54) is 19.3 Å². The van der Waals surface area contributed by atoms with Crippen LogP contribution in [0.25, 0.3) is 0 Å². The molecule has 0 saturated heterocycles. The van der Waals surface area contributed by atoms with Gasteiger partial charge in [-0.1, -0.05) is 45.0 Å². The maximum Gasteiger partial charge on any atom is 0.255 e. The summed E-state index contributed by atoms with van der Waals surface area (Å²) in [6, 6.07) is 14.8. The third kappa shape index (κ3) is 4.53. The van der Waals surface area contributed by atoms with Gasteiger partial charge in [0.05, 0.1) is 11.4 Å². The van der Waals surface area contributed by atoms with Gasteiger partial charge in [0.2, 0.25) is 17.8 Å². The van der Waals surface area contributed by atoms with E-state index >= 15 is 0 Å². The van der Waals surface area contributed by atoms with Crippen molar-refractivity contribution in [3.05, 3.63) is 59.7 Å². The average molecular weight is 487 g/mol. The van der Waals surface area contributed by atoms with Gasteiger partial charge in [0.1, 0.15) is 0 Å². The molecule has 2 fully saturated rings. The van der Waals surface area contributed by atoms with E-state index in [4.69, 9.17) is 11.5 Å². The van der Waals surface area contributed by atoms with Crippen LogP contribution in [-0.4, -0.2) is 26.9 Å². The Morgan fingerprint density at radius 1 is 1.00 bits per heavy atom. The van der Waals surface area contributed by atoms with E-state index in [1.54, 1.807) is 24.3 Å². The van der Waals surface area contributed by atoms with Gasteiger partial charge >= 0.3 is 0 Å². The Bertz CT molecular complexity index is 1270. The maximum absolute atomic E-state index is 12.6. The fourth-order valence-electron chi connectivity index (χ4n) is 6.09. The molecule has 2 saturated carbocycles. The number of benzene rings is 2. The van der Waals surface area contributed by atoms with Crippen molar-refractivity contribution in [2.75, 3.05) is 27.4 Å². The number of fused-ring (bicyclic) bond motifs is 2. The molecule has 0 aliphatic heterocycles. The fourth-order valence-corrected chi connectivity index (χ4v) is 6.09. The van der Waals surface area contributed by atoms with Gasteiger partial charge in [0, 0.05) is 18.2 Å². The Balaban J connectivity index is 1.22. The molecular weight excluding hydrogens is 452 g/mol. The molecule has 1 aromatic heterocycles. The van der Waals surface area contributed by atoms with Crippen LogP contribution in [0.15, 0.2) is 48.5 Å². The molecule has 0 radical (unpaired) electrons. The van der Waals surface area contributed by atoms with Crippen LogP contribution in [0.5, 0.6) is 0 Å². The minimum atomic E-state index is -0.217. The number of rotatable bonds is 7. The first-order valence-electron chi connectivity index (χ1n) is 12.4. The molecule has 7 N–H and O–H groups in total. The Labute approximate surface area is 211 Å². The predicted octanol–water partition coefficient (Wildman–Crippen LogP) is 4.53. The van der Waals surface area contributed by atoms with Crippen LogP contribution in [0.1, 0.15) is 56.0 Å². The van der Waals surface area contributed by atoms with Gasteiger partial charge in [-0.2, -0.15) is 15.0 Å². The molecule has 3 atom stereocenters. The molecule has 1 amide bonds. The fraction of sp³-hybridized carbons (Fsp3) is 0.407. The van der Waals surface area contributed by atoms with Crippen molar-refractivity contribution in [3.8, 4) is 0 Å². The topological polar surface area (TPSA) is 144 Å². The summed E-state index contributed by atoms with van der Waals surface area (Å²) in [5.74, 6) is 1.59. The lowest BCUT2D eigenvalue weighted by Gasteiger charge is -2.43. The lowest BCUT2D eigenvalue weighted by molar-refractivity contribution is 0.102. The summed E-state index contributed by atoms with van der Waals surface area (Å²) in [4.78, 5) is 25.8. The van der Waals surface area contributed by atoms with Gasteiger partial charge in [-0.25, -0.2) is 0 Å². The number of carbonyl (C=O) groups is 1. The minimum Gasteiger partial charge on any atom is -0.397 e. The van der Waals surface area contributed by atoms with Crippen LogP contribution in [0.3, 0.4) is 0 Å². The van der Waals surface area contributed by atoms with E-state index in [-0.39, 0.29) is 28.7 Å². The molecule has 1 heterocycles. The number of aromatic nitrogens is 3. The van der Waals surface area contributed by atoms with Crippen LogP contribution in [0.4, 0.5) is 29.2 Å². The van der Waals surface area contributed by atoms with E-state index in [0.29, 0.717) is 41.3 Å². The minimum absolute atomic E-state index is 0.169. The third-order valence-corrected chi connectivity index (χ3v) is 8.07. The lowest BCUT2D eigenvalue weighted by Crippen LogP contribution is -2.46. The Morgan fingerprint density at radius 2 is 1.72 bits per heavy atom.